The van der Waals surface area contributed by atoms with Crippen molar-refractivity contribution in [2.24, 2.45) is 0 Å². The molecule has 1 heterocycles. The molecule has 0 radical (unpaired) electrons. The third kappa shape index (κ3) is 4.24. The fraction of sp³-hybridized carbons (Fsp3) is 0.158. The maximum absolute atomic E-state index is 12.4. The van der Waals surface area contributed by atoms with Crippen molar-refractivity contribution < 1.29 is 19.1 Å². The molecule has 0 saturated heterocycles. The first-order valence-corrected chi connectivity index (χ1v) is 7.83. The summed E-state index contributed by atoms with van der Waals surface area (Å²) in [6.45, 7) is 2.02. The van der Waals surface area contributed by atoms with Crippen LogP contribution in [0.3, 0.4) is 0 Å². The van der Waals surface area contributed by atoms with Crippen LogP contribution in [0.4, 0.5) is 5.69 Å². The molecule has 0 bridgehead atoms. The Bertz CT molecular complexity index is 859. The SMILES string of the molecule is Cc1cc(NC(=O)c2coc(-c3ccccc3)n2)cc(OCCO)c1. The van der Waals surface area contributed by atoms with Gasteiger partial charge in [0.1, 0.15) is 18.6 Å². The van der Waals surface area contributed by atoms with Crippen molar-refractivity contribution >= 4 is 11.6 Å². The molecule has 0 aliphatic rings. The van der Waals surface area contributed by atoms with Crippen molar-refractivity contribution in [1.82, 2.24) is 4.98 Å². The van der Waals surface area contributed by atoms with Gasteiger partial charge in [-0.3, -0.25) is 4.79 Å². The molecule has 6 nitrogen and oxygen atoms in total. The summed E-state index contributed by atoms with van der Waals surface area (Å²) in [5.74, 6) is 0.598. The summed E-state index contributed by atoms with van der Waals surface area (Å²) < 4.78 is 10.8. The van der Waals surface area contributed by atoms with E-state index in [1.807, 2.05) is 49.4 Å². The highest BCUT2D eigenvalue weighted by atomic mass is 16.5. The smallest absolute Gasteiger partial charge is 0.277 e. The Morgan fingerprint density at radius 2 is 2.04 bits per heavy atom. The maximum Gasteiger partial charge on any atom is 0.277 e. The molecule has 25 heavy (non-hydrogen) atoms. The molecule has 128 valence electrons. The number of carbonyl (C=O) groups is 1. The number of anilines is 1. The molecule has 0 spiro atoms. The summed E-state index contributed by atoms with van der Waals surface area (Å²) in [6, 6.07) is 14.7. The van der Waals surface area contributed by atoms with Gasteiger partial charge in [-0.15, -0.1) is 0 Å². The Balaban J connectivity index is 1.74. The average molecular weight is 338 g/mol. The average Bonchev–Trinajstić information content (AvgIpc) is 3.10. The highest BCUT2D eigenvalue weighted by Gasteiger charge is 2.14. The number of benzene rings is 2. The zero-order valence-corrected chi connectivity index (χ0v) is 13.7. The van der Waals surface area contributed by atoms with Gasteiger partial charge < -0.3 is 19.6 Å². The molecule has 0 aliphatic heterocycles. The molecule has 1 aromatic heterocycles. The lowest BCUT2D eigenvalue weighted by atomic mass is 10.2. The van der Waals surface area contributed by atoms with E-state index in [9.17, 15) is 4.79 Å². The van der Waals surface area contributed by atoms with E-state index in [4.69, 9.17) is 14.3 Å². The summed E-state index contributed by atoms with van der Waals surface area (Å²) in [4.78, 5) is 16.6. The monoisotopic (exact) mass is 338 g/mol. The quantitative estimate of drug-likeness (QED) is 0.720. The minimum atomic E-state index is -0.371. The molecule has 0 aliphatic carbocycles. The number of rotatable bonds is 6. The van der Waals surface area contributed by atoms with E-state index in [0.29, 0.717) is 17.3 Å². The maximum atomic E-state index is 12.4. The molecule has 0 unspecified atom stereocenters. The molecular weight excluding hydrogens is 320 g/mol. The first-order chi connectivity index (χ1) is 12.2. The number of hydrogen-bond acceptors (Lipinski definition) is 5. The Morgan fingerprint density at radius 3 is 2.80 bits per heavy atom. The van der Waals surface area contributed by atoms with E-state index in [1.54, 1.807) is 6.07 Å². The van der Waals surface area contributed by atoms with E-state index >= 15 is 0 Å². The van der Waals surface area contributed by atoms with Crippen molar-refractivity contribution in [3.8, 4) is 17.2 Å². The largest absolute Gasteiger partial charge is 0.491 e. The van der Waals surface area contributed by atoms with Crippen molar-refractivity contribution in [2.75, 3.05) is 18.5 Å². The summed E-state index contributed by atoms with van der Waals surface area (Å²) in [5, 5.41) is 11.6. The molecule has 2 aromatic carbocycles. The van der Waals surface area contributed by atoms with Gasteiger partial charge in [-0.2, -0.15) is 0 Å². The topological polar surface area (TPSA) is 84.6 Å². The molecule has 3 rings (SSSR count). The van der Waals surface area contributed by atoms with Crippen LogP contribution < -0.4 is 10.1 Å². The summed E-state index contributed by atoms with van der Waals surface area (Å²) in [5.41, 5.74) is 2.51. The number of ether oxygens (including phenoxy) is 1. The molecule has 0 fully saturated rings. The van der Waals surface area contributed by atoms with Crippen molar-refractivity contribution in [3.05, 3.63) is 66.1 Å². The lowest BCUT2D eigenvalue weighted by molar-refractivity contribution is 0.102. The van der Waals surface area contributed by atoms with E-state index < -0.39 is 0 Å². The van der Waals surface area contributed by atoms with Gasteiger partial charge in [0.2, 0.25) is 5.89 Å². The summed E-state index contributed by atoms with van der Waals surface area (Å²) >= 11 is 0. The lowest BCUT2D eigenvalue weighted by Crippen LogP contribution is -2.12. The van der Waals surface area contributed by atoms with Gasteiger partial charge in [0.25, 0.3) is 5.91 Å². The molecule has 1 amide bonds. The Labute approximate surface area is 145 Å². The standard InChI is InChI=1S/C19H18N2O4/c1-13-9-15(11-16(10-13)24-8-7-22)20-18(23)17-12-25-19(21-17)14-5-3-2-4-6-14/h2-6,9-12,22H,7-8H2,1H3,(H,20,23). The molecule has 3 aromatic rings. The number of carbonyl (C=O) groups excluding carboxylic acids is 1. The third-order valence-electron chi connectivity index (χ3n) is 3.43. The number of amides is 1. The van der Waals surface area contributed by atoms with Crippen molar-refractivity contribution in [2.45, 2.75) is 6.92 Å². The predicted molar refractivity (Wildman–Crippen MR) is 93.7 cm³/mol. The zero-order chi connectivity index (χ0) is 17.6. The molecular formula is C19H18N2O4. The van der Waals surface area contributed by atoms with Crippen LogP contribution in [0.15, 0.2) is 59.2 Å². The number of nitrogens with zero attached hydrogens (tertiary/aromatic N) is 1. The van der Waals surface area contributed by atoms with Gasteiger partial charge in [-0.25, -0.2) is 4.98 Å². The number of aliphatic hydroxyl groups is 1. The van der Waals surface area contributed by atoms with Crippen LogP contribution in [0.25, 0.3) is 11.5 Å². The van der Waals surface area contributed by atoms with Crippen LogP contribution >= 0.6 is 0 Å². The Morgan fingerprint density at radius 1 is 1.24 bits per heavy atom. The second-order valence-electron chi connectivity index (χ2n) is 5.46. The lowest BCUT2D eigenvalue weighted by Gasteiger charge is -2.09. The molecule has 0 saturated carbocycles. The van der Waals surface area contributed by atoms with Gasteiger partial charge >= 0.3 is 0 Å². The van der Waals surface area contributed by atoms with E-state index in [1.165, 1.54) is 6.26 Å². The minimum absolute atomic E-state index is 0.0726. The number of hydrogen-bond donors (Lipinski definition) is 2. The van der Waals surface area contributed by atoms with Crippen molar-refractivity contribution in [1.29, 1.82) is 0 Å². The van der Waals surface area contributed by atoms with Crippen LogP contribution in [0, 0.1) is 6.92 Å². The number of aryl methyl sites for hydroxylation is 1. The molecule has 6 heteroatoms. The van der Waals surface area contributed by atoms with E-state index in [-0.39, 0.29) is 24.8 Å². The second kappa shape index (κ2) is 7.63. The third-order valence-corrected chi connectivity index (χ3v) is 3.43. The number of nitrogens with one attached hydrogen (secondary N) is 1. The van der Waals surface area contributed by atoms with Gasteiger partial charge in [-0.1, -0.05) is 18.2 Å². The van der Waals surface area contributed by atoms with E-state index in [2.05, 4.69) is 10.3 Å². The van der Waals surface area contributed by atoms with Crippen LogP contribution in [0.2, 0.25) is 0 Å². The fourth-order valence-corrected chi connectivity index (χ4v) is 2.35. The van der Waals surface area contributed by atoms with Crippen LogP contribution in [-0.2, 0) is 0 Å². The summed E-state index contributed by atoms with van der Waals surface area (Å²) in [7, 11) is 0. The minimum Gasteiger partial charge on any atom is -0.491 e. The predicted octanol–water partition coefficient (Wildman–Crippen LogP) is 3.27. The van der Waals surface area contributed by atoms with Crippen molar-refractivity contribution in [3.63, 3.8) is 0 Å². The number of aliphatic hydroxyl groups excluding tert-OH is 1. The highest BCUT2D eigenvalue weighted by molar-refractivity contribution is 6.03. The van der Waals surface area contributed by atoms with Gasteiger partial charge in [0.05, 0.1) is 6.61 Å². The van der Waals surface area contributed by atoms with Crippen LogP contribution in [-0.4, -0.2) is 29.2 Å². The first-order valence-electron chi connectivity index (χ1n) is 7.83. The van der Waals surface area contributed by atoms with Crippen LogP contribution in [0.5, 0.6) is 5.75 Å². The van der Waals surface area contributed by atoms with Gasteiger partial charge in [0, 0.05) is 17.3 Å². The molecule has 0 atom stereocenters. The molecule has 2 N–H and O–H groups in total. The Hall–Kier alpha value is -3.12. The highest BCUT2D eigenvalue weighted by Crippen LogP contribution is 2.22. The normalized spacial score (nSPS) is 10.5. The summed E-state index contributed by atoms with van der Waals surface area (Å²) in [6.07, 6.45) is 1.33. The zero-order valence-electron chi connectivity index (χ0n) is 13.7. The van der Waals surface area contributed by atoms with Crippen LogP contribution in [0.1, 0.15) is 16.1 Å². The van der Waals surface area contributed by atoms with E-state index in [0.717, 1.165) is 11.1 Å². The number of oxazole rings is 1. The Kier molecular flexibility index (Phi) is 5.11. The fourth-order valence-electron chi connectivity index (χ4n) is 2.35. The van der Waals surface area contributed by atoms with Gasteiger partial charge in [-0.05, 0) is 36.8 Å². The second-order valence-corrected chi connectivity index (χ2v) is 5.46. The number of aromatic nitrogens is 1. The first kappa shape index (κ1) is 16.7. The van der Waals surface area contributed by atoms with Gasteiger partial charge in [0.15, 0.2) is 5.69 Å².